The van der Waals surface area contributed by atoms with Gasteiger partial charge in [-0.3, -0.25) is 4.79 Å². The minimum atomic E-state index is -1.20. The van der Waals surface area contributed by atoms with E-state index in [-0.39, 0.29) is 12.6 Å². The Morgan fingerprint density at radius 3 is 2.69 bits per heavy atom. The number of esters is 1. The predicted octanol–water partition coefficient (Wildman–Crippen LogP) is 0.182. The Bertz CT molecular complexity index is 268. The van der Waals surface area contributed by atoms with E-state index >= 15 is 0 Å². The molecule has 0 spiro atoms. The normalized spacial score (nSPS) is 26.2. The zero-order valence-corrected chi connectivity index (χ0v) is 9.86. The van der Waals surface area contributed by atoms with E-state index in [2.05, 4.69) is 17.0 Å². The number of carbonyl (C=O) groups excluding carboxylic acids is 2. The molecular formula is C11H20N2O3. The highest BCUT2D eigenvalue weighted by Crippen LogP contribution is 2.24. The summed E-state index contributed by atoms with van der Waals surface area (Å²) in [5, 5.41) is 2.78. The molecule has 0 bridgehead atoms. The van der Waals surface area contributed by atoms with Crippen molar-refractivity contribution in [1.82, 2.24) is 5.32 Å². The van der Waals surface area contributed by atoms with E-state index in [0.29, 0.717) is 5.92 Å². The number of hydrogen-bond acceptors (Lipinski definition) is 4. The van der Waals surface area contributed by atoms with Crippen LogP contribution in [0.3, 0.4) is 0 Å². The first-order chi connectivity index (χ1) is 7.54. The lowest BCUT2D eigenvalue weighted by atomic mass is 10.1. The first-order valence-corrected chi connectivity index (χ1v) is 5.77. The molecule has 0 aromatic carbocycles. The van der Waals surface area contributed by atoms with Crippen LogP contribution in [-0.2, 0) is 14.3 Å². The third-order valence-electron chi connectivity index (χ3n) is 2.86. The van der Waals surface area contributed by atoms with Crippen molar-refractivity contribution in [2.75, 3.05) is 6.61 Å². The Morgan fingerprint density at radius 2 is 2.19 bits per heavy atom. The number of ether oxygens (including phenoxy) is 1. The lowest BCUT2D eigenvalue weighted by Gasteiger charge is -2.15. The zero-order chi connectivity index (χ0) is 12.1. The SMILES string of the molecule is CCOC(=O)C(N)C(=O)NC1CCC(C)C1. The van der Waals surface area contributed by atoms with E-state index in [9.17, 15) is 9.59 Å². The molecule has 1 rings (SSSR count). The molecule has 1 aliphatic rings. The second-order valence-corrected chi connectivity index (χ2v) is 4.35. The van der Waals surface area contributed by atoms with Crippen LogP contribution < -0.4 is 11.1 Å². The number of carbonyl (C=O) groups is 2. The predicted molar refractivity (Wildman–Crippen MR) is 59.6 cm³/mol. The summed E-state index contributed by atoms with van der Waals surface area (Å²) in [7, 11) is 0. The van der Waals surface area contributed by atoms with Crippen LogP contribution in [-0.4, -0.2) is 30.6 Å². The molecular weight excluding hydrogens is 208 g/mol. The van der Waals surface area contributed by atoms with Crippen molar-refractivity contribution in [3.8, 4) is 0 Å². The number of rotatable bonds is 4. The molecule has 1 fully saturated rings. The lowest BCUT2D eigenvalue weighted by Crippen LogP contribution is -2.49. The van der Waals surface area contributed by atoms with Gasteiger partial charge < -0.3 is 15.8 Å². The molecule has 3 atom stereocenters. The molecule has 16 heavy (non-hydrogen) atoms. The number of amides is 1. The first kappa shape index (κ1) is 13.0. The first-order valence-electron chi connectivity index (χ1n) is 5.77. The minimum Gasteiger partial charge on any atom is -0.464 e. The van der Waals surface area contributed by atoms with Crippen LogP contribution >= 0.6 is 0 Å². The third-order valence-corrected chi connectivity index (χ3v) is 2.86. The Kier molecular flexibility index (Phi) is 4.73. The Morgan fingerprint density at radius 1 is 1.50 bits per heavy atom. The number of hydrogen-bond donors (Lipinski definition) is 2. The van der Waals surface area contributed by atoms with Gasteiger partial charge in [0.2, 0.25) is 5.91 Å². The summed E-state index contributed by atoms with van der Waals surface area (Å²) < 4.78 is 4.69. The summed E-state index contributed by atoms with van der Waals surface area (Å²) >= 11 is 0. The van der Waals surface area contributed by atoms with Crippen LogP contribution in [0.5, 0.6) is 0 Å². The Labute approximate surface area is 95.7 Å². The van der Waals surface area contributed by atoms with Gasteiger partial charge in [0.05, 0.1) is 6.61 Å². The van der Waals surface area contributed by atoms with Crippen molar-refractivity contribution in [2.45, 2.75) is 45.2 Å². The van der Waals surface area contributed by atoms with E-state index in [1.54, 1.807) is 6.92 Å². The molecule has 0 saturated heterocycles. The fraction of sp³-hybridized carbons (Fsp3) is 0.818. The maximum absolute atomic E-state index is 11.6. The topological polar surface area (TPSA) is 81.4 Å². The smallest absolute Gasteiger partial charge is 0.332 e. The number of nitrogens with two attached hydrogens (primary N) is 1. The molecule has 3 N–H and O–H groups in total. The quantitative estimate of drug-likeness (QED) is 0.531. The molecule has 0 heterocycles. The van der Waals surface area contributed by atoms with Crippen LogP contribution in [0.4, 0.5) is 0 Å². The summed E-state index contributed by atoms with van der Waals surface area (Å²) in [6.45, 7) is 4.07. The van der Waals surface area contributed by atoms with E-state index in [0.717, 1.165) is 19.3 Å². The molecule has 92 valence electrons. The molecule has 0 aromatic heterocycles. The fourth-order valence-corrected chi connectivity index (χ4v) is 1.97. The van der Waals surface area contributed by atoms with Crippen LogP contribution in [0, 0.1) is 5.92 Å². The van der Waals surface area contributed by atoms with Crippen LogP contribution in [0.25, 0.3) is 0 Å². The van der Waals surface area contributed by atoms with E-state index in [1.165, 1.54) is 0 Å². The van der Waals surface area contributed by atoms with Gasteiger partial charge in [0.1, 0.15) is 0 Å². The van der Waals surface area contributed by atoms with Gasteiger partial charge in [-0.25, -0.2) is 4.79 Å². The molecule has 1 aliphatic carbocycles. The van der Waals surface area contributed by atoms with E-state index in [1.807, 2.05) is 0 Å². The largest absolute Gasteiger partial charge is 0.464 e. The Hall–Kier alpha value is -1.10. The van der Waals surface area contributed by atoms with Crippen LogP contribution in [0.1, 0.15) is 33.1 Å². The summed E-state index contributed by atoms with van der Waals surface area (Å²) in [5.74, 6) is -0.465. The average Bonchev–Trinajstić information content (AvgIpc) is 2.63. The summed E-state index contributed by atoms with van der Waals surface area (Å²) in [4.78, 5) is 22.8. The zero-order valence-electron chi connectivity index (χ0n) is 9.86. The number of nitrogens with one attached hydrogen (secondary N) is 1. The van der Waals surface area contributed by atoms with Crippen molar-refractivity contribution in [3.05, 3.63) is 0 Å². The molecule has 3 unspecified atom stereocenters. The van der Waals surface area contributed by atoms with Gasteiger partial charge in [0.25, 0.3) is 0 Å². The second kappa shape index (κ2) is 5.84. The van der Waals surface area contributed by atoms with Gasteiger partial charge in [0, 0.05) is 6.04 Å². The summed E-state index contributed by atoms with van der Waals surface area (Å²) in [6.07, 6.45) is 3.03. The average molecular weight is 228 g/mol. The van der Waals surface area contributed by atoms with Crippen molar-refractivity contribution >= 4 is 11.9 Å². The fourth-order valence-electron chi connectivity index (χ4n) is 1.97. The molecule has 1 amide bonds. The second-order valence-electron chi connectivity index (χ2n) is 4.35. The van der Waals surface area contributed by atoms with Crippen LogP contribution in [0.15, 0.2) is 0 Å². The van der Waals surface area contributed by atoms with Crippen LogP contribution in [0.2, 0.25) is 0 Å². The monoisotopic (exact) mass is 228 g/mol. The van der Waals surface area contributed by atoms with Crippen molar-refractivity contribution in [2.24, 2.45) is 11.7 Å². The van der Waals surface area contributed by atoms with Crippen molar-refractivity contribution < 1.29 is 14.3 Å². The van der Waals surface area contributed by atoms with Gasteiger partial charge in [-0.1, -0.05) is 6.92 Å². The highest BCUT2D eigenvalue weighted by molar-refractivity contribution is 6.01. The van der Waals surface area contributed by atoms with E-state index in [4.69, 9.17) is 5.73 Å². The molecule has 0 aliphatic heterocycles. The summed E-state index contributed by atoms with van der Waals surface area (Å²) in [5.41, 5.74) is 5.47. The maximum atomic E-state index is 11.6. The standard InChI is InChI=1S/C11H20N2O3/c1-3-16-11(15)9(12)10(14)13-8-5-4-7(2)6-8/h7-9H,3-6,12H2,1-2H3,(H,13,14). The van der Waals surface area contributed by atoms with Gasteiger partial charge in [0.15, 0.2) is 6.04 Å². The molecule has 1 saturated carbocycles. The highest BCUT2D eigenvalue weighted by atomic mass is 16.5. The molecule has 5 nitrogen and oxygen atoms in total. The van der Waals surface area contributed by atoms with Gasteiger partial charge in [-0.15, -0.1) is 0 Å². The minimum absolute atomic E-state index is 0.156. The van der Waals surface area contributed by atoms with Crippen molar-refractivity contribution in [3.63, 3.8) is 0 Å². The van der Waals surface area contributed by atoms with Gasteiger partial charge in [-0.05, 0) is 32.1 Å². The molecule has 5 heteroatoms. The maximum Gasteiger partial charge on any atom is 0.332 e. The van der Waals surface area contributed by atoms with Gasteiger partial charge >= 0.3 is 5.97 Å². The lowest BCUT2D eigenvalue weighted by molar-refractivity contribution is -0.148. The van der Waals surface area contributed by atoms with Gasteiger partial charge in [-0.2, -0.15) is 0 Å². The molecule has 0 radical (unpaired) electrons. The summed E-state index contributed by atoms with van der Waals surface area (Å²) in [6, 6.07) is -1.04. The third kappa shape index (κ3) is 3.48. The highest BCUT2D eigenvalue weighted by Gasteiger charge is 2.28. The van der Waals surface area contributed by atoms with E-state index < -0.39 is 17.9 Å². The molecule has 0 aromatic rings. The van der Waals surface area contributed by atoms with Crippen molar-refractivity contribution in [1.29, 1.82) is 0 Å². The Balaban J connectivity index is 2.36.